The predicted molar refractivity (Wildman–Crippen MR) is 78.0 cm³/mol. The minimum atomic E-state index is -0.588. The van der Waals surface area contributed by atoms with Gasteiger partial charge in [0.2, 0.25) is 0 Å². The number of hydrogen-bond acceptors (Lipinski definition) is 2. The fourth-order valence-electron chi connectivity index (χ4n) is 2.16. The average molecular weight is 279 g/mol. The lowest BCUT2D eigenvalue weighted by Gasteiger charge is -2.36. The lowest BCUT2D eigenvalue weighted by Crippen LogP contribution is -2.50. The SMILES string of the molecule is CCNC(=NCc1cccc(F)c1)NCC1(O)CCC1. The molecule has 110 valence electrons. The Kier molecular flexibility index (Phi) is 4.95. The maximum Gasteiger partial charge on any atom is 0.191 e. The van der Waals surface area contributed by atoms with Crippen molar-refractivity contribution in [3.63, 3.8) is 0 Å². The number of nitrogens with zero attached hydrogens (tertiary/aromatic N) is 1. The summed E-state index contributed by atoms with van der Waals surface area (Å²) in [6.07, 6.45) is 2.75. The van der Waals surface area contributed by atoms with Crippen molar-refractivity contribution in [1.82, 2.24) is 10.6 Å². The fraction of sp³-hybridized carbons (Fsp3) is 0.533. The minimum Gasteiger partial charge on any atom is -0.388 e. The van der Waals surface area contributed by atoms with Gasteiger partial charge in [0, 0.05) is 13.1 Å². The van der Waals surface area contributed by atoms with Crippen LogP contribution in [0, 0.1) is 5.82 Å². The Balaban J connectivity index is 1.91. The molecule has 3 N–H and O–H groups in total. The fourth-order valence-corrected chi connectivity index (χ4v) is 2.16. The van der Waals surface area contributed by atoms with Crippen LogP contribution in [-0.4, -0.2) is 29.8 Å². The summed E-state index contributed by atoms with van der Waals surface area (Å²) in [4.78, 5) is 4.40. The maximum absolute atomic E-state index is 13.1. The van der Waals surface area contributed by atoms with E-state index in [4.69, 9.17) is 0 Å². The summed E-state index contributed by atoms with van der Waals surface area (Å²) < 4.78 is 13.1. The van der Waals surface area contributed by atoms with Gasteiger partial charge in [-0.1, -0.05) is 12.1 Å². The third-order valence-electron chi connectivity index (χ3n) is 3.52. The first-order valence-electron chi connectivity index (χ1n) is 7.10. The van der Waals surface area contributed by atoms with Gasteiger partial charge in [-0.3, -0.25) is 0 Å². The first kappa shape index (κ1) is 14.8. The van der Waals surface area contributed by atoms with E-state index in [1.165, 1.54) is 12.1 Å². The molecule has 20 heavy (non-hydrogen) atoms. The average Bonchev–Trinajstić information content (AvgIpc) is 2.40. The van der Waals surface area contributed by atoms with Gasteiger partial charge in [-0.25, -0.2) is 9.38 Å². The Morgan fingerprint density at radius 2 is 2.20 bits per heavy atom. The summed E-state index contributed by atoms with van der Waals surface area (Å²) in [5.74, 6) is 0.400. The molecule has 1 aliphatic carbocycles. The number of nitrogens with one attached hydrogen (secondary N) is 2. The quantitative estimate of drug-likeness (QED) is 0.569. The second-order valence-corrected chi connectivity index (χ2v) is 5.26. The first-order chi connectivity index (χ1) is 9.61. The van der Waals surface area contributed by atoms with Gasteiger partial charge in [-0.05, 0) is 43.9 Å². The van der Waals surface area contributed by atoms with Gasteiger partial charge in [0.1, 0.15) is 5.82 Å². The zero-order valence-electron chi connectivity index (χ0n) is 11.8. The van der Waals surface area contributed by atoms with Gasteiger partial charge in [0.15, 0.2) is 5.96 Å². The van der Waals surface area contributed by atoms with Crippen LogP contribution in [0.2, 0.25) is 0 Å². The zero-order valence-corrected chi connectivity index (χ0v) is 11.8. The van der Waals surface area contributed by atoms with Crippen molar-refractivity contribution in [1.29, 1.82) is 0 Å². The van der Waals surface area contributed by atoms with Gasteiger partial charge in [0.25, 0.3) is 0 Å². The molecular formula is C15H22FN3O. The van der Waals surface area contributed by atoms with E-state index in [1.807, 2.05) is 13.0 Å². The van der Waals surface area contributed by atoms with Gasteiger partial charge in [-0.15, -0.1) is 0 Å². The van der Waals surface area contributed by atoms with E-state index in [-0.39, 0.29) is 5.82 Å². The molecule has 0 radical (unpaired) electrons. The standard InChI is InChI=1S/C15H22FN3O/c1-2-17-14(19-11-15(20)7-4-8-15)18-10-12-5-3-6-13(16)9-12/h3,5-6,9,20H,2,4,7-8,10-11H2,1H3,(H2,17,18,19). The molecule has 0 heterocycles. The second-order valence-electron chi connectivity index (χ2n) is 5.26. The van der Waals surface area contributed by atoms with Gasteiger partial charge < -0.3 is 15.7 Å². The molecule has 1 aromatic carbocycles. The van der Waals surface area contributed by atoms with Gasteiger partial charge >= 0.3 is 0 Å². The molecule has 4 nitrogen and oxygen atoms in total. The highest BCUT2D eigenvalue weighted by Gasteiger charge is 2.34. The van der Waals surface area contributed by atoms with E-state index in [0.717, 1.165) is 31.4 Å². The van der Waals surface area contributed by atoms with E-state index in [1.54, 1.807) is 6.07 Å². The number of guanidine groups is 1. The molecule has 1 fully saturated rings. The van der Waals surface area contributed by atoms with Crippen LogP contribution < -0.4 is 10.6 Å². The Morgan fingerprint density at radius 1 is 1.40 bits per heavy atom. The van der Waals surface area contributed by atoms with E-state index >= 15 is 0 Å². The smallest absolute Gasteiger partial charge is 0.191 e. The molecule has 0 spiro atoms. The summed E-state index contributed by atoms with van der Waals surface area (Å²) in [5, 5.41) is 16.3. The highest BCUT2D eigenvalue weighted by Crippen LogP contribution is 2.30. The Morgan fingerprint density at radius 3 is 2.80 bits per heavy atom. The van der Waals surface area contributed by atoms with Crippen molar-refractivity contribution in [2.75, 3.05) is 13.1 Å². The van der Waals surface area contributed by atoms with Crippen molar-refractivity contribution < 1.29 is 9.50 Å². The number of aliphatic imine (C=N–C) groups is 1. The molecule has 0 atom stereocenters. The Hall–Kier alpha value is -1.62. The highest BCUT2D eigenvalue weighted by atomic mass is 19.1. The van der Waals surface area contributed by atoms with Crippen LogP contribution in [0.1, 0.15) is 31.7 Å². The molecule has 2 rings (SSSR count). The molecule has 0 bridgehead atoms. The molecular weight excluding hydrogens is 257 g/mol. The van der Waals surface area contributed by atoms with Crippen LogP contribution in [-0.2, 0) is 6.54 Å². The lowest BCUT2D eigenvalue weighted by molar-refractivity contribution is -0.0279. The molecule has 0 aliphatic heterocycles. The molecule has 5 heteroatoms. The molecule has 1 saturated carbocycles. The molecule has 0 unspecified atom stereocenters. The van der Waals surface area contributed by atoms with Crippen molar-refractivity contribution in [3.8, 4) is 0 Å². The van der Waals surface area contributed by atoms with Crippen LogP contribution >= 0.6 is 0 Å². The summed E-state index contributed by atoms with van der Waals surface area (Å²) in [6.45, 7) is 3.64. The molecule has 1 aliphatic rings. The van der Waals surface area contributed by atoms with Crippen LogP contribution in [0.3, 0.4) is 0 Å². The number of aliphatic hydroxyl groups is 1. The third-order valence-corrected chi connectivity index (χ3v) is 3.52. The van der Waals surface area contributed by atoms with Crippen molar-refractivity contribution in [2.24, 2.45) is 4.99 Å². The highest BCUT2D eigenvalue weighted by molar-refractivity contribution is 5.79. The molecule has 1 aromatic rings. The second kappa shape index (κ2) is 6.70. The third kappa shape index (κ3) is 4.20. The summed E-state index contributed by atoms with van der Waals surface area (Å²) in [6, 6.07) is 6.42. The zero-order chi connectivity index (χ0) is 14.4. The summed E-state index contributed by atoms with van der Waals surface area (Å²) >= 11 is 0. The van der Waals surface area contributed by atoms with Crippen molar-refractivity contribution in [3.05, 3.63) is 35.6 Å². The van der Waals surface area contributed by atoms with E-state index in [2.05, 4.69) is 15.6 Å². The van der Waals surface area contributed by atoms with Crippen molar-refractivity contribution >= 4 is 5.96 Å². The van der Waals surface area contributed by atoms with Crippen LogP contribution in [0.5, 0.6) is 0 Å². The van der Waals surface area contributed by atoms with Crippen LogP contribution in [0.25, 0.3) is 0 Å². The summed E-state index contributed by atoms with van der Waals surface area (Å²) in [5.41, 5.74) is 0.235. The molecule has 0 amide bonds. The topological polar surface area (TPSA) is 56.7 Å². The summed E-state index contributed by atoms with van der Waals surface area (Å²) in [7, 11) is 0. The number of rotatable bonds is 5. The van der Waals surface area contributed by atoms with Gasteiger partial charge in [-0.2, -0.15) is 0 Å². The first-order valence-corrected chi connectivity index (χ1v) is 7.10. The largest absolute Gasteiger partial charge is 0.388 e. The van der Waals surface area contributed by atoms with E-state index in [0.29, 0.717) is 19.0 Å². The maximum atomic E-state index is 13.1. The van der Waals surface area contributed by atoms with Gasteiger partial charge in [0.05, 0.1) is 12.1 Å². The van der Waals surface area contributed by atoms with Crippen molar-refractivity contribution in [2.45, 2.75) is 38.3 Å². The van der Waals surface area contributed by atoms with E-state index in [9.17, 15) is 9.50 Å². The molecule has 0 aromatic heterocycles. The Labute approximate surface area is 119 Å². The number of halogens is 1. The lowest BCUT2D eigenvalue weighted by atomic mass is 9.80. The molecule has 0 saturated heterocycles. The normalized spacial score (nSPS) is 17.4. The Bertz CT molecular complexity index is 472. The number of hydrogen-bond donors (Lipinski definition) is 3. The monoisotopic (exact) mass is 279 g/mol. The van der Waals surface area contributed by atoms with Crippen LogP contribution in [0.4, 0.5) is 4.39 Å². The number of benzene rings is 1. The predicted octanol–water partition coefficient (Wildman–Crippen LogP) is 1.80. The van der Waals surface area contributed by atoms with E-state index < -0.39 is 5.60 Å². The minimum absolute atomic E-state index is 0.251. The van der Waals surface area contributed by atoms with Crippen LogP contribution in [0.15, 0.2) is 29.3 Å².